The number of aliphatic hydroxyl groups excluding tert-OH is 1. The smallest absolute Gasteiger partial charge is 0.180 e. The highest BCUT2D eigenvalue weighted by molar-refractivity contribution is 5.43. The third kappa shape index (κ3) is 2.65. The van der Waals surface area contributed by atoms with Crippen molar-refractivity contribution in [3.63, 3.8) is 0 Å². The van der Waals surface area contributed by atoms with E-state index in [0.717, 1.165) is 29.7 Å². The van der Waals surface area contributed by atoms with Gasteiger partial charge in [-0.15, -0.1) is 0 Å². The Bertz CT molecular complexity index is 521. The minimum atomic E-state index is -0.962. The zero-order valence-corrected chi connectivity index (χ0v) is 12.2. The van der Waals surface area contributed by atoms with Gasteiger partial charge in [-0.3, -0.25) is 0 Å². The predicted molar refractivity (Wildman–Crippen MR) is 75.5 cm³/mol. The quantitative estimate of drug-likeness (QED) is 0.917. The molecule has 1 N–H and O–H groups in total. The van der Waals surface area contributed by atoms with Gasteiger partial charge in [0, 0.05) is 5.56 Å². The number of methoxy groups -OCH3 is 1. The van der Waals surface area contributed by atoms with Gasteiger partial charge in [-0.1, -0.05) is 6.07 Å². The van der Waals surface area contributed by atoms with E-state index in [4.69, 9.17) is 9.47 Å². The molecule has 0 aromatic heterocycles. The fourth-order valence-corrected chi connectivity index (χ4v) is 2.64. The average molecular weight is 275 g/mol. The van der Waals surface area contributed by atoms with Crippen molar-refractivity contribution in [2.45, 2.75) is 50.9 Å². The molecule has 0 aliphatic heterocycles. The molecule has 0 bridgehead atoms. The number of aliphatic hydroxyl groups is 1. The van der Waals surface area contributed by atoms with E-state index in [2.05, 4.69) is 6.07 Å². The lowest BCUT2D eigenvalue weighted by atomic mass is 9.79. The Kier molecular flexibility index (Phi) is 4.32. The van der Waals surface area contributed by atoms with E-state index in [1.807, 2.05) is 18.2 Å². The monoisotopic (exact) mass is 275 g/mol. The van der Waals surface area contributed by atoms with Gasteiger partial charge in [0.05, 0.1) is 19.3 Å². The highest BCUT2D eigenvalue weighted by Crippen LogP contribution is 2.40. The zero-order chi connectivity index (χ0) is 14.8. The number of nitriles is 1. The fourth-order valence-electron chi connectivity index (χ4n) is 2.64. The molecule has 1 aromatic carbocycles. The number of ether oxygens (including phenoxy) is 2. The summed E-state index contributed by atoms with van der Waals surface area (Å²) in [5.41, 5.74) is 1.03. The summed E-state index contributed by atoms with van der Waals surface area (Å²) in [6.45, 7) is 3.47. The first-order valence-corrected chi connectivity index (χ1v) is 6.97. The molecule has 1 aliphatic carbocycles. The van der Waals surface area contributed by atoms with Crippen LogP contribution in [0.5, 0.6) is 5.75 Å². The molecular formula is C16H21NO3. The Hall–Kier alpha value is -1.57. The van der Waals surface area contributed by atoms with Crippen molar-refractivity contribution in [1.82, 2.24) is 0 Å². The van der Waals surface area contributed by atoms with Crippen LogP contribution in [0.4, 0.5) is 0 Å². The van der Waals surface area contributed by atoms with Crippen LogP contribution >= 0.6 is 0 Å². The Balaban J connectivity index is 2.40. The maximum Gasteiger partial charge on any atom is 0.180 e. The highest BCUT2D eigenvalue weighted by atomic mass is 16.5. The number of aryl methyl sites for hydroxylation is 1. The third-order valence-electron chi connectivity index (χ3n) is 3.97. The summed E-state index contributed by atoms with van der Waals surface area (Å²) in [5, 5.41) is 19.3. The molecule has 1 aliphatic rings. The molecule has 2 rings (SSSR count). The minimum Gasteiger partial charge on any atom is -0.497 e. The van der Waals surface area contributed by atoms with Crippen LogP contribution in [0.3, 0.4) is 0 Å². The maximum atomic E-state index is 9.66. The van der Waals surface area contributed by atoms with Crippen LogP contribution in [-0.4, -0.2) is 24.4 Å². The van der Waals surface area contributed by atoms with Crippen LogP contribution in [0.2, 0.25) is 0 Å². The van der Waals surface area contributed by atoms with E-state index in [0.29, 0.717) is 6.42 Å². The number of fused-ring (bicyclic) bond motifs is 1. The van der Waals surface area contributed by atoms with E-state index < -0.39 is 11.7 Å². The minimum absolute atomic E-state index is 0.386. The number of hydrogen-bond acceptors (Lipinski definition) is 4. The van der Waals surface area contributed by atoms with E-state index in [-0.39, 0.29) is 6.10 Å². The summed E-state index contributed by atoms with van der Waals surface area (Å²) in [5.74, 6) is 0.793. The molecule has 1 aromatic rings. The molecule has 0 spiro atoms. The third-order valence-corrected chi connectivity index (χ3v) is 3.97. The maximum absolute atomic E-state index is 9.66. The highest BCUT2D eigenvalue weighted by Gasteiger charge is 2.40. The van der Waals surface area contributed by atoms with Crippen molar-refractivity contribution in [3.05, 3.63) is 29.3 Å². The second-order valence-corrected chi connectivity index (χ2v) is 5.38. The predicted octanol–water partition coefficient (Wildman–Crippen LogP) is 2.54. The molecule has 0 saturated heterocycles. The van der Waals surface area contributed by atoms with Crippen molar-refractivity contribution < 1.29 is 14.6 Å². The lowest BCUT2D eigenvalue weighted by Crippen LogP contribution is -2.38. The lowest BCUT2D eigenvalue weighted by Gasteiger charge is -2.36. The van der Waals surface area contributed by atoms with Gasteiger partial charge in [-0.05, 0) is 50.8 Å². The molecule has 4 nitrogen and oxygen atoms in total. The number of rotatable bonds is 4. The summed E-state index contributed by atoms with van der Waals surface area (Å²) < 4.78 is 11.2. The molecule has 3 unspecified atom stereocenters. The summed E-state index contributed by atoms with van der Waals surface area (Å²) in [7, 11) is 1.63. The summed E-state index contributed by atoms with van der Waals surface area (Å²) in [6.07, 6.45) is 1.47. The Morgan fingerprint density at radius 3 is 2.75 bits per heavy atom. The molecule has 0 saturated carbocycles. The topological polar surface area (TPSA) is 62.5 Å². The van der Waals surface area contributed by atoms with E-state index in [1.165, 1.54) is 0 Å². The molecule has 3 atom stereocenters. The van der Waals surface area contributed by atoms with Crippen molar-refractivity contribution >= 4 is 0 Å². The number of nitrogens with zero attached hydrogens (tertiary/aromatic N) is 1. The normalized spacial score (nSPS) is 24.4. The lowest BCUT2D eigenvalue weighted by molar-refractivity contribution is -0.106. The van der Waals surface area contributed by atoms with Crippen LogP contribution in [0.15, 0.2) is 18.2 Å². The average Bonchev–Trinajstić information content (AvgIpc) is 2.46. The molecule has 0 amide bonds. The van der Waals surface area contributed by atoms with Gasteiger partial charge >= 0.3 is 0 Å². The van der Waals surface area contributed by atoms with Crippen molar-refractivity contribution in [2.24, 2.45) is 0 Å². The van der Waals surface area contributed by atoms with E-state index in [1.54, 1.807) is 21.0 Å². The Labute approximate surface area is 119 Å². The van der Waals surface area contributed by atoms with Gasteiger partial charge < -0.3 is 14.6 Å². The molecule has 0 fully saturated rings. The van der Waals surface area contributed by atoms with Gasteiger partial charge in [0.15, 0.2) is 5.60 Å². The molecule has 0 radical (unpaired) electrons. The summed E-state index contributed by atoms with van der Waals surface area (Å²) in [6, 6.07) is 8.05. The van der Waals surface area contributed by atoms with Crippen LogP contribution in [0.1, 0.15) is 37.8 Å². The van der Waals surface area contributed by atoms with Crippen molar-refractivity contribution in [3.8, 4) is 11.8 Å². The second kappa shape index (κ2) is 5.82. The van der Waals surface area contributed by atoms with Crippen LogP contribution in [0, 0.1) is 11.3 Å². The van der Waals surface area contributed by atoms with Gasteiger partial charge in [0.1, 0.15) is 11.8 Å². The van der Waals surface area contributed by atoms with Gasteiger partial charge in [0.2, 0.25) is 0 Å². The summed E-state index contributed by atoms with van der Waals surface area (Å²) in [4.78, 5) is 0. The number of benzene rings is 1. The Morgan fingerprint density at radius 2 is 2.15 bits per heavy atom. The van der Waals surface area contributed by atoms with Gasteiger partial charge in [0.25, 0.3) is 0 Å². The van der Waals surface area contributed by atoms with E-state index >= 15 is 0 Å². The molecule has 0 heterocycles. The second-order valence-electron chi connectivity index (χ2n) is 5.38. The number of hydrogen-bond donors (Lipinski definition) is 1. The van der Waals surface area contributed by atoms with Crippen molar-refractivity contribution in [1.29, 1.82) is 5.26 Å². The summed E-state index contributed by atoms with van der Waals surface area (Å²) >= 11 is 0. The standard InChI is InChI=1S/C16H21NO3/c1-11(18)12(2)20-16(10-17)8-4-5-13-9-14(19-3)6-7-15(13)16/h6-7,9,11-12,18H,4-5,8H2,1-3H3. The van der Waals surface area contributed by atoms with Crippen LogP contribution in [0.25, 0.3) is 0 Å². The fraction of sp³-hybridized carbons (Fsp3) is 0.562. The largest absolute Gasteiger partial charge is 0.497 e. The molecular weight excluding hydrogens is 254 g/mol. The van der Waals surface area contributed by atoms with E-state index in [9.17, 15) is 10.4 Å². The van der Waals surface area contributed by atoms with Gasteiger partial charge in [-0.2, -0.15) is 5.26 Å². The van der Waals surface area contributed by atoms with Gasteiger partial charge in [-0.25, -0.2) is 0 Å². The zero-order valence-electron chi connectivity index (χ0n) is 12.2. The first-order valence-electron chi connectivity index (χ1n) is 6.97. The molecule has 4 heteroatoms. The SMILES string of the molecule is COc1ccc2c(c1)CCCC2(C#N)OC(C)C(C)O. The van der Waals surface area contributed by atoms with Crippen molar-refractivity contribution in [2.75, 3.05) is 7.11 Å². The van der Waals surface area contributed by atoms with Crippen LogP contribution < -0.4 is 4.74 Å². The molecule has 20 heavy (non-hydrogen) atoms. The van der Waals surface area contributed by atoms with Crippen LogP contribution in [-0.2, 0) is 16.8 Å². The first-order chi connectivity index (χ1) is 9.52. The Morgan fingerprint density at radius 1 is 1.40 bits per heavy atom. The molecule has 108 valence electrons. The first kappa shape index (κ1) is 14.8.